The summed E-state index contributed by atoms with van der Waals surface area (Å²) in [5.74, 6) is 0.681. The van der Waals surface area contributed by atoms with Gasteiger partial charge in [0.25, 0.3) is 0 Å². The fourth-order valence-electron chi connectivity index (χ4n) is 2.76. The highest BCUT2D eigenvalue weighted by Crippen LogP contribution is 2.24. The molecule has 5 heteroatoms. The standard InChI is InChI=1S/C17H21N3OS/c1-13-6-5-7-15(14(13)2)20-11-8-18-17(20)22-12-16(21)19-9-3-4-10-19/h5-8,11H,3-4,9-10,12H2,1-2H3. The molecule has 1 amide bonds. The second-order valence-electron chi connectivity index (χ2n) is 5.68. The zero-order valence-corrected chi connectivity index (χ0v) is 13.9. The Morgan fingerprint density at radius 2 is 2.05 bits per heavy atom. The third-order valence-electron chi connectivity index (χ3n) is 4.23. The summed E-state index contributed by atoms with van der Waals surface area (Å²) < 4.78 is 2.07. The number of hydrogen-bond donors (Lipinski definition) is 0. The molecule has 116 valence electrons. The van der Waals surface area contributed by atoms with Gasteiger partial charge in [-0.2, -0.15) is 0 Å². The maximum Gasteiger partial charge on any atom is 0.233 e. The van der Waals surface area contributed by atoms with Gasteiger partial charge >= 0.3 is 0 Å². The first kappa shape index (κ1) is 15.2. The van der Waals surface area contributed by atoms with Crippen molar-refractivity contribution < 1.29 is 4.79 Å². The zero-order chi connectivity index (χ0) is 15.5. The average molecular weight is 315 g/mol. The highest BCUT2D eigenvalue weighted by atomic mass is 32.2. The van der Waals surface area contributed by atoms with E-state index in [4.69, 9.17) is 0 Å². The predicted molar refractivity (Wildman–Crippen MR) is 89.6 cm³/mol. The normalized spacial score (nSPS) is 14.5. The molecule has 1 aliphatic rings. The van der Waals surface area contributed by atoms with Crippen LogP contribution < -0.4 is 0 Å². The molecule has 1 aromatic heterocycles. The van der Waals surface area contributed by atoms with Gasteiger partial charge in [-0.15, -0.1) is 0 Å². The molecule has 2 aromatic rings. The second-order valence-corrected chi connectivity index (χ2v) is 6.62. The summed E-state index contributed by atoms with van der Waals surface area (Å²) >= 11 is 1.52. The van der Waals surface area contributed by atoms with Crippen LogP contribution in [0.1, 0.15) is 24.0 Å². The van der Waals surface area contributed by atoms with E-state index in [1.54, 1.807) is 6.20 Å². The molecule has 0 saturated carbocycles. The summed E-state index contributed by atoms with van der Waals surface area (Å²) in [4.78, 5) is 18.6. The van der Waals surface area contributed by atoms with Gasteiger partial charge in [0.15, 0.2) is 5.16 Å². The van der Waals surface area contributed by atoms with Crippen molar-refractivity contribution in [1.29, 1.82) is 0 Å². The van der Waals surface area contributed by atoms with E-state index in [1.165, 1.54) is 22.9 Å². The maximum atomic E-state index is 12.2. The van der Waals surface area contributed by atoms with Gasteiger partial charge in [0, 0.05) is 25.5 Å². The van der Waals surface area contributed by atoms with Crippen molar-refractivity contribution in [3.63, 3.8) is 0 Å². The molecule has 4 nitrogen and oxygen atoms in total. The fourth-order valence-corrected chi connectivity index (χ4v) is 3.63. The highest BCUT2D eigenvalue weighted by Gasteiger charge is 2.19. The van der Waals surface area contributed by atoms with Gasteiger partial charge in [-0.25, -0.2) is 4.98 Å². The number of likely N-dealkylation sites (tertiary alicyclic amines) is 1. The molecule has 3 rings (SSSR count). The fraction of sp³-hybridized carbons (Fsp3) is 0.412. The van der Waals surface area contributed by atoms with Gasteiger partial charge in [-0.05, 0) is 43.9 Å². The number of hydrogen-bond acceptors (Lipinski definition) is 3. The SMILES string of the molecule is Cc1cccc(-n2ccnc2SCC(=O)N2CCCC2)c1C. The lowest BCUT2D eigenvalue weighted by Gasteiger charge is -2.15. The summed E-state index contributed by atoms with van der Waals surface area (Å²) in [6.45, 7) is 6.05. The van der Waals surface area contributed by atoms with E-state index in [2.05, 4.69) is 41.6 Å². The van der Waals surface area contributed by atoms with Crippen molar-refractivity contribution >= 4 is 17.7 Å². The lowest BCUT2D eigenvalue weighted by Crippen LogP contribution is -2.29. The van der Waals surface area contributed by atoms with Crippen LogP contribution in [0.4, 0.5) is 0 Å². The van der Waals surface area contributed by atoms with Crippen molar-refractivity contribution in [1.82, 2.24) is 14.5 Å². The average Bonchev–Trinajstić information content (AvgIpc) is 3.18. The topological polar surface area (TPSA) is 38.1 Å². The van der Waals surface area contributed by atoms with E-state index >= 15 is 0 Å². The lowest BCUT2D eigenvalue weighted by molar-refractivity contribution is -0.127. The quantitative estimate of drug-likeness (QED) is 0.813. The number of amides is 1. The number of benzene rings is 1. The maximum absolute atomic E-state index is 12.2. The van der Waals surface area contributed by atoms with Crippen molar-refractivity contribution in [3.05, 3.63) is 41.7 Å². The van der Waals surface area contributed by atoms with Crippen molar-refractivity contribution in [2.75, 3.05) is 18.8 Å². The molecular formula is C17H21N3OS. The molecule has 1 fully saturated rings. The first-order chi connectivity index (χ1) is 10.7. The van der Waals surface area contributed by atoms with Crippen LogP contribution in [0.25, 0.3) is 5.69 Å². The van der Waals surface area contributed by atoms with Gasteiger partial charge in [0.1, 0.15) is 0 Å². The van der Waals surface area contributed by atoms with Gasteiger partial charge in [-0.1, -0.05) is 23.9 Å². The van der Waals surface area contributed by atoms with Crippen LogP contribution in [0.15, 0.2) is 35.7 Å². The number of carbonyl (C=O) groups is 1. The van der Waals surface area contributed by atoms with Crippen LogP contribution in [-0.2, 0) is 4.79 Å². The molecule has 1 aromatic carbocycles. The largest absolute Gasteiger partial charge is 0.342 e. The Labute approximate surface area is 135 Å². The third-order valence-corrected chi connectivity index (χ3v) is 5.18. The van der Waals surface area contributed by atoms with E-state index in [0.29, 0.717) is 5.75 Å². The van der Waals surface area contributed by atoms with Crippen LogP contribution in [0.3, 0.4) is 0 Å². The number of aromatic nitrogens is 2. The van der Waals surface area contributed by atoms with Crippen molar-refractivity contribution in [2.45, 2.75) is 31.8 Å². The molecule has 0 spiro atoms. The minimum atomic E-state index is 0.220. The minimum absolute atomic E-state index is 0.220. The molecule has 0 bridgehead atoms. The molecule has 2 heterocycles. The van der Waals surface area contributed by atoms with E-state index in [-0.39, 0.29) is 5.91 Å². The molecule has 0 N–H and O–H groups in total. The van der Waals surface area contributed by atoms with Crippen LogP contribution in [0, 0.1) is 13.8 Å². The Morgan fingerprint density at radius 1 is 1.27 bits per heavy atom. The molecule has 22 heavy (non-hydrogen) atoms. The predicted octanol–water partition coefficient (Wildman–Crippen LogP) is 3.20. The highest BCUT2D eigenvalue weighted by molar-refractivity contribution is 7.99. The molecule has 0 unspecified atom stereocenters. The lowest BCUT2D eigenvalue weighted by atomic mass is 10.1. The van der Waals surface area contributed by atoms with E-state index in [0.717, 1.165) is 36.8 Å². The number of carbonyl (C=O) groups excluding carboxylic acids is 1. The minimum Gasteiger partial charge on any atom is -0.342 e. The Kier molecular flexibility index (Phi) is 4.52. The van der Waals surface area contributed by atoms with Crippen molar-refractivity contribution in [3.8, 4) is 5.69 Å². The van der Waals surface area contributed by atoms with Crippen molar-refractivity contribution in [2.24, 2.45) is 0 Å². The van der Waals surface area contributed by atoms with Crippen LogP contribution in [0.2, 0.25) is 0 Å². The van der Waals surface area contributed by atoms with Gasteiger partial charge in [-0.3, -0.25) is 9.36 Å². The molecule has 0 atom stereocenters. The Bertz CT molecular complexity index is 674. The van der Waals surface area contributed by atoms with E-state index < -0.39 is 0 Å². The first-order valence-corrected chi connectivity index (χ1v) is 8.66. The number of thioether (sulfide) groups is 1. The zero-order valence-electron chi connectivity index (χ0n) is 13.1. The monoisotopic (exact) mass is 315 g/mol. The molecule has 1 saturated heterocycles. The molecule has 0 radical (unpaired) electrons. The van der Waals surface area contributed by atoms with Crippen LogP contribution in [-0.4, -0.2) is 39.2 Å². The van der Waals surface area contributed by atoms with Gasteiger partial charge in [0.2, 0.25) is 5.91 Å². The number of nitrogens with zero attached hydrogens (tertiary/aromatic N) is 3. The molecular weight excluding hydrogens is 294 g/mol. The van der Waals surface area contributed by atoms with Crippen LogP contribution >= 0.6 is 11.8 Å². The van der Waals surface area contributed by atoms with E-state index in [9.17, 15) is 4.79 Å². The summed E-state index contributed by atoms with van der Waals surface area (Å²) in [5, 5.41) is 0.876. The number of imidazole rings is 1. The molecule has 0 aliphatic carbocycles. The van der Waals surface area contributed by atoms with E-state index in [1.807, 2.05) is 11.1 Å². The third kappa shape index (κ3) is 3.04. The van der Waals surface area contributed by atoms with Crippen LogP contribution in [0.5, 0.6) is 0 Å². The summed E-state index contributed by atoms with van der Waals surface area (Å²) in [6.07, 6.45) is 6.02. The Morgan fingerprint density at radius 3 is 2.82 bits per heavy atom. The number of rotatable bonds is 4. The summed E-state index contributed by atoms with van der Waals surface area (Å²) in [5.41, 5.74) is 3.64. The molecule has 1 aliphatic heterocycles. The van der Waals surface area contributed by atoms with Gasteiger partial charge < -0.3 is 4.90 Å². The Balaban J connectivity index is 1.75. The number of aryl methyl sites for hydroxylation is 1. The van der Waals surface area contributed by atoms with Gasteiger partial charge in [0.05, 0.1) is 11.4 Å². The summed E-state index contributed by atoms with van der Waals surface area (Å²) in [7, 11) is 0. The smallest absolute Gasteiger partial charge is 0.233 e. The Hall–Kier alpha value is -1.75. The summed E-state index contributed by atoms with van der Waals surface area (Å²) in [6, 6.07) is 6.26. The second kappa shape index (κ2) is 6.57. The first-order valence-electron chi connectivity index (χ1n) is 7.67.